The van der Waals surface area contributed by atoms with Crippen LogP contribution in [0.5, 0.6) is 0 Å². The smallest absolute Gasteiger partial charge is 0.372 e. The van der Waals surface area contributed by atoms with Crippen LogP contribution in [0.15, 0.2) is 49.1 Å². The fourth-order valence-corrected chi connectivity index (χ4v) is 15.8. The van der Waals surface area contributed by atoms with Crippen molar-refractivity contribution in [2.75, 3.05) is 39.6 Å². The van der Waals surface area contributed by atoms with E-state index in [9.17, 15) is 0 Å². The lowest BCUT2D eigenvalue weighted by Gasteiger charge is -2.41. The highest BCUT2D eigenvalue weighted by Crippen LogP contribution is 2.29. The summed E-state index contributed by atoms with van der Waals surface area (Å²) in [6.07, 6.45) is 0. The third kappa shape index (κ3) is 9.56. The summed E-state index contributed by atoms with van der Waals surface area (Å²) in [4.78, 5) is 0. The number of hydrogen-bond donors (Lipinski definition) is 0. The maximum atomic E-state index is 6.51. The Hall–Kier alpha value is -0.532. The molecule has 0 aromatic heterocycles. The third-order valence-corrected chi connectivity index (χ3v) is 16.9. The molecule has 0 amide bonds. The van der Waals surface area contributed by atoms with Gasteiger partial charge in [-0.3, -0.25) is 0 Å². The molecule has 2 unspecified atom stereocenters. The van der Waals surface area contributed by atoms with E-state index >= 15 is 0 Å². The molecule has 0 saturated heterocycles. The molecule has 0 aliphatic heterocycles. The molecule has 2 atom stereocenters. The average Bonchev–Trinajstić information content (AvgIpc) is 2.79. The van der Waals surface area contributed by atoms with Crippen LogP contribution in [0, 0.1) is 0 Å². The van der Waals surface area contributed by atoms with Crippen molar-refractivity contribution in [3.8, 4) is 0 Å². The molecular formula is C20H42O9Si4. The van der Waals surface area contributed by atoms with Gasteiger partial charge >= 0.3 is 35.2 Å². The quantitative estimate of drug-likeness (QED) is 0.191. The van der Waals surface area contributed by atoms with Crippen LogP contribution in [0.25, 0.3) is 0 Å². The zero-order valence-electron chi connectivity index (χ0n) is 21.1. The largest absolute Gasteiger partial charge is 0.521 e. The standard InChI is InChI=1S/C20H42O9Si4/c1-11-21-30(17-7,22-12-2)27-32(19-9,25-15-5)29-33(20-10,26-16-6)28-31(18-8,23-13-3)24-14-4/h17-20H,7-16H2,1-6H3. The zero-order chi connectivity index (χ0) is 25.4. The van der Waals surface area contributed by atoms with E-state index < -0.39 is 35.2 Å². The first-order chi connectivity index (χ1) is 15.7. The van der Waals surface area contributed by atoms with Crippen LogP contribution >= 0.6 is 0 Å². The zero-order valence-corrected chi connectivity index (χ0v) is 25.1. The summed E-state index contributed by atoms with van der Waals surface area (Å²) < 4.78 is 54.9. The van der Waals surface area contributed by atoms with Crippen LogP contribution in [-0.4, -0.2) is 74.9 Å². The Morgan fingerprint density at radius 3 is 0.758 bits per heavy atom. The SMILES string of the molecule is C=C[Si](OCC)(OCC)O[Si](C=C)(OCC)O[Si](C=C)(OCC)O[Si](C=C)(OCC)OCC. The van der Waals surface area contributed by atoms with E-state index in [0.717, 1.165) is 0 Å². The maximum absolute atomic E-state index is 6.51. The van der Waals surface area contributed by atoms with Crippen LogP contribution in [0.1, 0.15) is 41.5 Å². The summed E-state index contributed by atoms with van der Waals surface area (Å²) in [6.45, 7) is 28.5. The highest BCUT2D eigenvalue weighted by Gasteiger charge is 2.59. The molecule has 0 bridgehead atoms. The van der Waals surface area contributed by atoms with Crippen molar-refractivity contribution in [1.29, 1.82) is 0 Å². The Morgan fingerprint density at radius 2 is 0.576 bits per heavy atom. The van der Waals surface area contributed by atoms with Gasteiger partial charge in [0.2, 0.25) is 0 Å². The van der Waals surface area contributed by atoms with E-state index in [1.165, 1.54) is 22.8 Å². The first-order valence-corrected chi connectivity index (χ1v) is 18.4. The molecule has 33 heavy (non-hydrogen) atoms. The molecule has 0 radical (unpaired) electrons. The Labute approximate surface area is 204 Å². The van der Waals surface area contributed by atoms with Gasteiger partial charge in [0.15, 0.2) is 0 Å². The minimum absolute atomic E-state index is 0.271. The van der Waals surface area contributed by atoms with Crippen LogP contribution in [0.2, 0.25) is 0 Å². The predicted octanol–water partition coefficient (Wildman–Crippen LogP) is 3.91. The van der Waals surface area contributed by atoms with Gasteiger partial charge in [-0.05, 0) is 64.3 Å². The lowest BCUT2D eigenvalue weighted by Crippen LogP contribution is -2.66. The topological polar surface area (TPSA) is 83.1 Å². The molecule has 0 rings (SSSR count). The molecule has 0 N–H and O–H groups in total. The molecule has 0 heterocycles. The summed E-state index contributed by atoms with van der Waals surface area (Å²) in [7, 11) is -14.2. The van der Waals surface area contributed by atoms with Crippen molar-refractivity contribution in [2.24, 2.45) is 0 Å². The molecule has 9 nitrogen and oxygen atoms in total. The molecule has 192 valence electrons. The molecule has 0 aromatic carbocycles. The minimum Gasteiger partial charge on any atom is -0.372 e. The van der Waals surface area contributed by atoms with Gasteiger partial charge in [0.1, 0.15) is 0 Å². The van der Waals surface area contributed by atoms with E-state index in [2.05, 4.69) is 26.3 Å². The van der Waals surface area contributed by atoms with E-state index in [-0.39, 0.29) is 13.2 Å². The van der Waals surface area contributed by atoms with Gasteiger partial charge in [-0.25, -0.2) is 0 Å². The number of rotatable bonds is 22. The lowest BCUT2D eigenvalue weighted by molar-refractivity contribution is 0.0528. The van der Waals surface area contributed by atoms with Crippen molar-refractivity contribution in [3.63, 3.8) is 0 Å². The summed E-state index contributed by atoms with van der Waals surface area (Å²) in [6, 6.07) is 0. The van der Waals surface area contributed by atoms with E-state index in [0.29, 0.717) is 26.4 Å². The molecular weight excluding hydrogens is 497 g/mol. The number of hydrogen-bond acceptors (Lipinski definition) is 9. The van der Waals surface area contributed by atoms with Crippen molar-refractivity contribution < 1.29 is 38.9 Å². The Balaban J connectivity index is 6.53. The molecule has 0 fully saturated rings. The lowest BCUT2D eigenvalue weighted by atomic mass is 10.9. The van der Waals surface area contributed by atoms with Gasteiger partial charge in [0.25, 0.3) is 0 Å². The monoisotopic (exact) mass is 538 g/mol. The Bertz CT molecular complexity index is 548. The molecule has 0 saturated carbocycles. The molecule has 0 aromatic rings. The Morgan fingerprint density at radius 1 is 0.394 bits per heavy atom. The second kappa shape index (κ2) is 16.2. The van der Waals surface area contributed by atoms with Crippen molar-refractivity contribution >= 4 is 35.2 Å². The van der Waals surface area contributed by atoms with Gasteiger partial charge < -0.3 is 38.9 Å². The molecule has 0 spiro atoms. The van der Waals surface area contributed by atoms with Gasteiger partial charge in [-0.1, -0.05) is 26.3 Å². The maximum Gasteiger partial charge on any atom is 0.521 e. The van der Waals surface area contributed by atoms with Crippen LogP contribution < -0.4 is 0 Å². The second-order valence-corrected chi connectivity index (χ2v) is 16.8. The summed E-state index contributed by atoms with van der Waals surface area (Å²) in [5.74, 6) is 0. The van der Waals surface area contributed by atoms with Crippen molar-refractivity contribution in [1.82, 2.24) is 0 Å². The molecule has 0 aliphatic carbocycles. The van der Waals surface area contributed by atoms with E-state index in [4.69, 9.17) is 38.9 Å². The van der Waals surface area contributed by atoms with Crippen LogP contribution in [0.3, 0.4) is 0 Å². The van der Waals surface area contributed by atoms with E-state index in [1.807, 2.05) is 41.5 Å². The average molecular weight is 539 g/mol. The molecule has 0 aliphatic rings. The van der Waals surface area contributed by atoms with Gasteiger partial charge in [-0.2, -0.15) is 0 Å². The van der Waals surface area contributed by atoms with Crippen LogP contribution in [-0.2, 0) is 38.9 Å². The van der Waals surface area contributed by atoms with Crippen LogP contribution in [0.4, 0.5) is 0 Å². The summed E-state index contributed by atoms with van der Waals surface area (Å²) in [5, 5.41) is 0. The van der Waals surface area contributed by atoms with E-state index in [1.54, 1.807) is 0 Å². The van der Waals surface area contributed by atoms with Crippen molar-refractivity contribution in [3.05, 3.63) is 49.1 Å². The highest BCUT2D eigenvalue weighted by atomic mass is 28.5. The van der Waals surface area contributed by atoms with Gasteiger partial charge in [0, 0.05) is 39.6 Å². The summed E-state index contributed by atoms with van der Waals surface area (Å²) >= 11 is 0. The highest BCUT2D eigenvalue weighted by molar-refractivity contribution is 6.88. The second-order valence-electron chi connectivity index (χ2n) is 6.13. The van der Waals surface area contributed by atoms with Gasteiger partial charge in [0.05, 0.1) is 0 Å². The Kier molecular flexibility index (Phi) is 15.9. The molecule has 13 heteroatoms. The minimum atomic E-state index is -3.73. The fourth-order valence-electron chi connectivity index (χ4n) is 2.77. The first-order valence-electron chi connectivity index (χ1n) is 11.2. The van der Waals surface area contributed by atoms with Gasteiger partial charge in [-0.15, -0.1) is 0 Å². The first kappa shape index (κ1) is 32.5. The third-order valence-electron chi connectivity index (χ3n) is 3.93. The van der Waals surface area contributed by atoms with Crippen molar-refractivity contribution in [2.45, 2.75) is 41.5 Å². The fraction of sp³-hybridized carbons (Fsp3) is 0.600. The predicted molar refractivity (Wildman–Crippen MR) is 137 cm³/mol. The summed E-state index contributed by atoms with van der Waals surface area (Å²) in [5.41, 5.74) is 6.06. The normalized spacial score (nSPS) is 15.9.